The van der Waals surface area contributed by atoms with E-state index in [0.29, 0.717) is 6.04 Å². The highest BCUT2D eigenvalue weighted by atomic mass is 16.5. The van der Waals surface area contributed by atoms with Crippen molar-refractivity contribution in [3.63, 3.8) is 0 Å². The minimum atomic E-state index is 0.0477. The number of morpholine rings is 1. The minimum Gasteiger partial charge on any atom is -0.378 e. The van der Waals surface area contributed by atoms with Gasteiger partial charge in [0, 0.05) is 25.2 Å². The van der Waals surface area contributed by atoms with E-state index in [4.69, 9.17) is 10.5 Å². The van der Waals surface area contributed by atoms with Crippen molar-refractivity contribution in [3.8, 4) is 0 Å². The first-order valence-electron chi connectivity index (χ1n) is 7.67. The molecule has 0 amide bonds. The van der Waals surface area contributed by atoms with Gasteiger partial charge in [-0.2, -0.15) is 0 Å². The largest absolute Gasteiger partial charge is 0.378 e. The van der Waals surface area contributed by atoms with Gasteiger partial charge in [0.15, 0.2) is 0 Å². The quantitative estimate of drug-likeness (QED) is 0.898. The Hall–Kier alpha value is -0.900. The SMILES string of the molecule is CCC1COCCN1CC(C)(C)C(N)c1ccccc1. The maximum Gasteiger partial charge on any atom is 0.0622 e. The third-order valence-electron chi connectivity index (χ3n) is 4.43. The molecule has 0 saturated carbocycles. The Balaban J connectivity index is 2.05. The smallest absolute Gasteiger partial charge is 0.0622 e. The second-order valence-electron chi connectivity index (χ2n) is 6.48. The van der Waals surface area contributed by atoms with Crippen LogP contribution in [-0.4, -0.2) is 37.2 Å². The summed E-state index contributed by atoms with van der Waals surface area (Å²) in [4.78, 5) is 2.55. The molecule has 2 unspecified atom stereocenters. The lowest BCUT2D eigenvalue weighted by Gasteiger charge is -2.42. The fraction of sp³-hybridized carbons (Fsp3) is 0.647. The molecule has 0 aliphatic carbocycles. The van der Waals surface area contributed by atoms with Crippen molar-refractivity contribution in [1.82, 2.24) is 4.90 Å². The molecule has 1 heterocycles. The maximum atomic E-state index is 6.52. The van der Waals surface area contributed by atoms with Gasteiger partial charge in [-0.05, 0) is 17.4 Å². The Morgan fingerprint density at radius 1 is 1.35 bits per heavy atom. The Labute approximate surface area is 123 Å². The summed E-state index contributed by atoms with van der Waals surface area (Å²) < 4.78 is 5.59. The van der Waals surface area contributed by atoms with Gasteiger partial charge < -0.3 is 10.5 Å². The molecular formula is C17H28N2O. The van der Waals surface area contributed by atoms with E-state index in [1.165, 1.54) is 5.56 Å². The summed E-state index contributed by atoms with van der Waals surface area (Å²) in [6.07, 6.45) is 1.14. The lowest BCUT2D eigenvalue weighted by molar-refractivity contribution is -0.0270. The van der Waals surface area contributed by atoms with E-state index in [0.717, 1.165) is 32.7 Å². The molecule has 2 rings (SSSR count). The van der Waals surface area contributed by atoms with Crippen LogP contribution in [0.1, 0.15) is 38.8 Å². The summed E-state index contributed by atoms with van der Waals surface area (Å²) in [5, 5.41) is 0. The number of hydrogen-bond donors (Lipinski definition) is 1. The van der Waals surface area contributed by atoms with Crippen molar-refractivity contribution >= 4 is 0 Å². The normalized spacial score (nSPS) is 22.7. The molecule has 20 heavy (non-hydrogen) atoms. The molecular weight excluding hydrogens is 248 g/mol. The van der Waals surface area contributed by atoms with E-state index in [-0.39, 0.29) is 11.5 Å². The molecule has 112 valence electrons. The maximum absolute atomic E-state index is 6.52. The highest BCUT2D eigenvalue weighted by Gasteiger charge is 2.33. The van der Waals surface area contributed by atoms with Gasteiger partial charge in [0.05, 0.1) is 13.2 Å². The predicted molar refractivity (Wildman–Crippen MR) is 83.6 cm³/mol. The third-order valence-corrected chi connectivity index (χ3v) is 4.43. The summed E-state index contributed by atoms with van der Waals surface area (Å²) in [7, 11) is 0. The number of hydrogen-bond acceptors (Lipinski definition) is 3. The third kappa shape index (κ3) is 3.60. The van der Waals surface area contributed by atoms with E-state index < -0.39 is 0 Å². The number of nitrogens with zero attached hydrogens (tertiary/aromatic N) is 1. The predicted octanol–water partition coefficient (Wildman–Crippen LogP) is 2.82. The Kier molecular flexibility index (Phi) is 5.19. The van der Waals surface area contributed by atoms with E-state index in [1.54, 1.807) is 0 Å². The van der Waals surface area contributed by atoms with E-state index in [9.17, 15) is 0 Å². The zero-order chi connectivity index (χ0) is 14.6. The van der Waals surface area contributed by atoms with Crippen LogP contribution in [0, 0.1) is 5.41 Å². The summed E-state index contributed by atoms with van der Waals surface area (Å²) in [6, 6.07) is 11.0. The molecule has 0 bridgehead atoms. The van der Waals surface area contributed by atoms with Crippen LogP contribution in [0.4, 0.5) is 0 Å². The van der Waals surface area contributed by atoms with Crippen molar-refractivity contribution in [2.45, 2.75) is 39.3 Å². The van der Waals surface area contributed by atoms with Crippen molar-refractivity contribution in [3.05, 3.63) is 35.9 Å². The van der Waals surface area contributed by atoms with Crippen LogP contribution in [0.25, 0.3) is 0 Å². The first-order chi connectivity index (χ1) is 9.54. The van der Waals surface area contributed by atoms with Crippen LogP contribution in [0.15, 0.2) is 30.3 Å². The second-order valence-corrected chi connectivity index (χ2v) is 6.48. The van der Waals surface area contributed by atoms with Gasteiger partial charge in [0.2, 0.25) is 0 Å². The molecule has 1 aliphatic heterocycles. The molecule has 0 radical (unpaired) electrons. The van der Waals surface area contributed by atoms with Crippen molar-refractivity contribution in [2.75, 3.05) is 26.3 Å². The minimum absolute atomic E-state index is 0.0477. The average molecular weight is 276 g/mol. The monoisotopic (exact) mass is 276 g/mol. The second kappa shape index (κ2) is 6.70. The van der Waals surface area contributed by atoms with Gasteiger partial charge in [-0.3, -0.25) is 4.90 Å². The molecule has 1 fully saturated rings. The standard InChI is InChI=1S/C17H28N2O/c1-4-15-12-20-11-10-19(15)13-17(2,3)16(18)14-8-6-5-7-9-14/h5-9,15-16H,4,10-13,18H2,1-3H3. The van der Waals surface area contributed by atoms with E-state index in [2.05, 4.69) is 49.9 Å². The van der Waals surface area contributed by atoms with Gasteiger partial charge in [0.1, 0.15) is 0 Å². The molecule has 1 aromatic rings. The summed E-state index contributed by atoms with van der Waals surface area (Å²) in [5.74, 6) is 0. The highest BCUT2D eigenvalue weighted by Crippen LogP contribution is 2.33. The zero-order valence-corrected chi connectivity index (χ0v) is 13.0. The first-order valence-corrected chi connectivity index (χ1v) is 7.67. The molecule has 0 aromatic heterocycles. The van der Waals surface area contributed by atoms with Gasteiger partial charge in [0.25, 0.3) is 0 Å². The van der Waals surface area contributed by atoms with Crippen LogP contribution in [0.5, 0.6) is 0 Å². The molecule has 3 nitrogen and oxygen atoms in total. The summed E-state index contributed by atoms with van der Waals surface area (Å²) in [6.45, 7) is 10.5. The molecule has 0 spiro atoms. The molecule has 1 aromatic carbocycles. The Morgan fingerprint density at radius 2 is 2.05 bits per heavy atom. The van der Waals surface area contributed by atoms with Crippen molar-refractivity contribution in [1.29, 1.82) is 0 Å². The van der Waals surface area contributed by atoms with Crippen molar-refractivity contribution in [2.24, 2.45) is 11.1 Å². The van der Waals surface area contributed by atoms with Crippen LogP contribution in [-0.2, 0) is 4.74 Å². The Bertz CT molecular complexity index is 405. The molecule has 1 aliphatic rings. The number of benzene rings is 1. The Morgan fingerprint density at radius 3 is 2.70 bits per heavy atom. The molecule has 2 N–H and O–H groups in total. The average Bonchev–Trinajstić information content (AvgIpc) is 2.47. The molecule has 3 heteroatoms. The van der Waals surface area contributed by atoms with Gasteiger partial charge >= 0.3 is 0 Å². The number of nitrogens with two attached hydrogens (primary N) is 1. The summed E-state index contributed by atoms with van der Waals surface area (Å²) >= 11 is 0. The lowest BCUT2D eigenvalue weighted by Crippen LogP contribution is -2.50. The fourth-order valence-electron chi connectivity index (χ4n) is 3.01. The molecule has 2 atom stereocenters. The number of rotatable bonds is 5. The van der Waals surface area contributed by atoms with Crippen LogP contribution >= 0.6 is 0 Å². The molecule has 1 saturated heterocycles. The highest BCUT2D eigenvalue weighted by molar-refractivity contribution is 5.20. The first kappa shape index (κ1) is 15.5. The van der Waals surface area contributed by atoms with Gasteiger partial charge in [-0.1, -0.05) is 51.1 Å². The topological polar surface area (TPSA) is 38.5 Å². The van der Waals surface area contributed by atoms with Crippen LogP contribution in [0.3, 0.4) is 0 Å². The van der Waals surface area contributed by atoms with Crippen LogP contribution in [0.2, 0.25) is 0 Å². The van der Waals surface area contributed by atoms with Gasteiger partial charge in [-0.25, -0.2) is 0 Å². The van der Waals surface area contributed by atoms with E-state index in [1.807, 2.05) is 6.07 Å². The lowest BCUT2D eigenvalue weighted by atomic mass is 9.80. The number of ether oxygens (including phenoxy) is 1. The van der Waals surface area contributed by atoms with Gasteiger partial charge in [-0.15, -0.1) is 0 Å². The van der Waals surface area contributed by atoms with Crippen LogP contribution < -0.4 is 5.73 Å². The fourth-order valence-corrected chi connectivity index (χ4v) is 3.01. The van der Waals surface area contributed by atoms with E-state index >= 15 is 0 Å². The zero-order valence-electron chi connectivity index (χ0n) is 13.0. The van der Waals surface area contributed by atoms with Crippen molar-refractivity contribution < 1.29 is 4.74 Å². The summed E-state index contributed by atoms with van der Waals surface area (Å²) in [5.41, 5.74) is 7.79.